The van der Waals surface area contributed by atoms with Crippen LogP contribution in [-0.4, -0.2) is 86.8 Å². The first-order valence-electron chi connectivity index (χ1n) is 15.9. The zero-order chi connectivity index (χ0) is 35.2. The number of benzene rings is 1. The molecule has 0 saturated carbocycles. The van der Waals surface area contributed by atoms with E-state index in [2.05, 4.69) is 25.7 Å². The third-order valence-electron chi connectivity index (χ3n) is 5.58. The quantitative estimate of drug-likeness (QED) is 0.128. The maximum absolute atomic E-state index is 12.4. The van der Waals surface area contributed by atoms with Gasteiger partial charge in [0.1, 0.15) is 12.1 Å². The number of carbonyl (C=O) groups excluding carboxylic acids is 5. The summed E-state index contributed by atoms with van der Waals surface area (Å²) in [6.07, 6.45) is -6.85. The summed E-state index contributed by atoms with van der Waals surface area (Å²) in [4.78, 5) is 65.4. The van der Waals surface area contributed by atoms with Gasteiger partial charge in [-0.1, -0.05) is 18.2 Å². The van der Waals surface area contributed by atoms with Crippen LogP contribution in [0.4, 0.5) is 5.95 Å². The molecule has 1 aromatic carbocycles. The fourth-order valence-electron chi connectivity index (χ4n) is 4.09. The van der Waals surface area contributed by atoms with Crippen molar-refractivity contribution in [3.8, 4) is 0 Å². The number of nitrogens with one attached hydrogen (secondary N) is 1. The van der Waals surface area contributed by atoms with Crippen molar-refractivity contribution < 1.29 is 54.5 Å². The largest absolute Gasteiger partial charge is 0.462 e. The Labute approximate surface area is 252 Å². The summed E-state index contributed by atoms with van der Waals surface area (Å²) in [6, 6.07) is 7.46. The van der Waals surface area contributed by atoms with Crippen LogP contribution in [0.15, 0.2) is 29.4 Å². The number of fused-ring (bicyclic) bond motifs is 3. The van der Waals surface area contributed by atoms with Crippen molar-refractivity contribution in [3.63, 3.8) is 0 Å². The molecule has 0 fully saturated rings. The van der Waals surface area contributed by atoms with E-state index >= 15 is 0 Å². The van der Waals surface area contributed by atoms with E-state index in [1.165, 1.54) is 0 Å². The molecule has 0 aliphatic heterocycles. The average molecular weight is 606 g/mol. The summed E-state index contributed by atoms with van der Waals surface area (Å²) in [5.41, 5.74) is 4.35. The van der Waals surface area contributed by atoms with E-state index < -0.39 is 95.4 Å². The first-order valence-corrected chi connectivity index (χ1v) is 12.4. The smallest absolute Gasteiger partial charge is 0.303 e. The number of para-hydroxylation sites is 1. The van der Waals surface area contributed by atoms with Crippen molar-refractivity contribution in [3.05, 3.63) is 24.3 Å². The second-order valence-electron chi connectivity index (χ2n) is 8.53. The normalized spacial score (nSPS) is 15.5. The number of esters is 5. The molecule has 230 valence electrons. The minimum atomic E-state index is -2.00. The summed E-state index contributed by atoms with van der Waals surface area (Å²) in [6.45, 7) is -3.15. The van der Waals surface area contributed by atoms with Crippen LogP contribution in [0, 0.1) is 0 Å². The van der Waals surface area contributed by atoms with Gasteiger partial charge in [0.05, 0.1) is 11.7 Å². The molecule has 0 radical (unpaired) electrons. The summed E-state index contributed by atoms with van der Waals surface area (Å²) >= 11 is 0. The molecule has 0 amide bonds. The van der Waals surface area contributed by atoms with Gasteiger partial charge in [-0.3, -0.25) is 24.0 Å². The molecular weight excluding hydrogens is 568 g/mol. The summed E-state index contributed by atoms with van der Waals surface area (Å²) in [5, 5.41) is 13.0. The molecule has 2 heterocycles. The van der Waals surface area contributed by atoms with E-state index in [0.29, 0.717) is 17.7 Å². The molecule has 1 N–H and O–H groups in total. The van der Waals surface area contributed by atoms with Gasteiger partial charge < -0.3 is 28.3 Å². The molecule has 0 spiro atoms. The highest BCUT2D eigenvalue weighted by Crippen LogP contribution is 2.26. The Balaban J connectivity index is 2.07. The van der Waals surface area contributed by atoms with Gasteiger partial charge >= 0.3 is 29.8 Å². The molecule has 43 heavy (non-hydrogen) atoms. The van der Waals surface area contributed by atoms with Crippen LogP contribution < -0.4 is 5.43 Å². The Morgan fingerprint density at radius 3 is 2.26 bits per heavy atom. The number of rotatable bonds is 13. The van der Waals surface area contributed by atoms with E-state index in [9.17, 15) is 24.0 Å². The lowest BCUT2D eigenvalue weighted by Gasteiger charge is -2.34. The molecule has 0 aliphatic rings. The fraction of sp³-hybridized carbons (Fsp3) is 0.444. The minimum absolute atomic E-state index is 0.122. The van der Waals surface area contributed by atoms with Crippen LogP contribution in [-0.2, 0) is 54.2 Å². The third kappa shape index (κ3) is 8.67. The van der Waals surface area contributed by atoms with Gasteiger partial charge in [0.2, 0.25) is 0 Å². The number of hydrazone groups is 1. The molecule has 16 heteroatoms. The molecule has 0 unspecified atom stereocenters. The standard InChI is InChI=1S/C27H32N6O10/c1-7-33-20-11-9-8-10-19(20)23-26(33)29-27(32-30-23)31-28-12-21(40-15(3)35)24(42-17(5)37)25(43-18(6)38)22(41-16(4)36)13-39-14(2)34/h8-12,21-22,24-25H,7,13H2,1-6H3,(H,29,31,32)/t21-,22-,24-,25-/m1/s1/i2D,3D,4D,5D,6D. The molecule has 2 aromatic heterocycles. The first-order chi connectivity index (χ1) is 23.1. The van der Waals surface area contributed by atoms with E-state index in [1.807, 2.05) is 35.8 Å². The van der Waals surface area contributed by atoms with Crippen molar-refractivity contribution in [1.82, 2.24) is 19.7 Å². The number of aromatic nitrogens is 4. The molecule has 3 aromatic rings. The third-order valence-corrected chi connectivity index (χ3v) is 5.58. The van der Waals surface area contributed by atoms with Gasteiger partial charge in [0.25, 0.3) is 5.95 Å². The van der Waals surface area contributed by atoms with Gasteiger partial charge in [-0.2, -0.15) is 10.1 Å². The van der Waals surface area contributed by atoms with E-state index in [1.54, 1.807) is 0 Å². The second-order valence-corrected chi connectivity index (χ2v) is 8.53. The highest BCUT2D eigenvalue weighted by Gasteiger charge is 2.43. The highest BCUT2D eigenvalue weighted by atomic mass is 16.6. The molecule has 4 atom stereocenters. The number of ether oxygens (including phenoxy) is 5. The summed E-state index contributed by atoms with van der Waals surface area (Å²) in [5.74, 6) is -6.12. The Morgan fingerprint density at radius 1 is 0.907 bits per heavy atom. The molecule has 16 nitrogen and oxygen atoms in total. The van der Waals surface area contributed by atoms with Crippen molar-refractivity contribution in [2.24, 2.45) is 5.10 Å². The number of nitrogens with zero attached hydrogens (tertiary/aromatic N) is 5. The molecular formula is C27H32N6O10. The summed E-state index contributed by atoms with van der Waals surface area (Å²) in [7, 11) is 0. The molecule has 3 rings (SSSR count). The Bertz CT molecular complexity index is 1640. The van der Waals surface area contributed by atoms with Crippen LogP contribution >= 0.6 is 0 Å². The van der Waals surface area contributed by atoms with Crippen molar-refractivity contribution in [2.45, 2.75) is 72.4 Å². The van der Waals surface area contributed by atoms with Crippen molar-refractivity contribution in [1.29, 1.82) is 0 Å². The zero-order valence-corrected chi connectivity index (χ0v) is 23.0. The van der Waals surface area contributed by atoms with Gasteiger partial charge in [-0.05, 0) is 13.0 Å². The van der Waals surface area contributed by atoms with E-state index in [-0.39, 0.29) is 5.95 Å². The zero-order valence-electron chi connectivity index (χ0n) is 28.0. The number of aryl methyl sites for hydroxylation is 1. The lowest BCUT2D eigenvalue weighted by molar-refractivity contribution is -0.197. The van der Waals surface area contributed by atoms with Crippen LogP contribution in [0.25, 0.3) is 22.1 Å². The molecule has 0 saturated heterocycles. The highest BCUT2D eigenvalue weighted by molar-refractivity contribution is 6.04. The predicted molar refractivity (Wildman–Crippen MR) is 149 cm³/mol. The lowest BCUT2D eigenvalue weighted by atomic mass is 10.0. The first kappa shape index (κ1) is 25.6. The fourth-order valence-corrected chi connectivity index (χ4v) is 4.09. The van der Waals surface area contributed by atoms with Crippen molar-refractivity contribution >= 4 is 64.1 Å². The SMILES string of the molecule is [2H]CC(=O)OC[C@@H](OC(=O)C[2H])[C@@H](OC(=O)C[2H])[C@H](OC(=O)C[2H])[C@@H](C=NNc1nnc2c3ccccc3n(CC)c2n1)OC(=O)C[2H]. The Hall–Kier alpha value is -5.15. The van der Waals surface area contributed by atoms with Crippen LogP contribution in [0.2, 0.25) is 0 Å². The van der Waals surface area contributed by atoms with Crippen LogP contribution in [0.5, 0.6) is 0 Å². The van der Waals surface area contributed by atoms with Gasteiger partial charge in [-0.15, -0.1) is 10.2 Å². The second kappa shape index (κ2) is 14.7. The maximum atomic E-state index is 12.4. The number of anilines is 1. The number of carbonyl (C=O) groups is 5. The van der Waals surface area contributed by atoms with E-state index in [4.69, 9.17) is 30.5 Å². The monoisotopic (exact) mass is 605 g/mol. The molecule has 0 bridgehead atoms. The Kier molecular flexibility index (Phi) is 8.71. The Morgan fingerprint density at radius 2 is 1.56 bits per heavy atom. The lowest BCUT2D eigenvalue weighted by Crippen LogP contribution is -2.53. The number of hydrogen-bond acceptors (Lipinski definition) is 15. The minimum Gasteiger partial charge on any atom is -0.462 e. The summed E-state index contributed by atoms with van der Waals surface area (Å²) < 4.78 is 64.4. The van der Waals surface area contributed by atoms with Crippen molar-refractivity contribution in [2.75, 3.05) is 12.0 Å². The van der Waals surface area contributed by atoms with Crippen LogP contribution in [0.1, 0.15) is 48.3 Å². The molecule has 0 aliphatic carbocycles. The van der Waals surface area contributed by atoms with Crippen LogP contribution in [0.3, 0.4) is 0 Å². The number of hydrogen-bond donors (Lipinski definition) is 1. The average Bonchev–Trinajstić information content (AvgIpc) is 3.43. The maximum Gasteiger partial charge on any atom is 0.303 e. The van der Waals surface area contributed by atoms with Gasteiger partial charge in [-0.25, -0.2) is 5.43 Å². The predicted octanol–water partition coefficient (Wildman–Crippen LogP) is 1.69. The van der Waals surface area contributed by atoms with E-state index in [0.717, 1.165) is 17.1 Å². The van der Waals surface area contributed by atoms with Gasteiger partial charge in [0.15, 0.2) is 30.1 Å². The topological polar surface area (TPSA) is 199 Å². The van der Waals surface area contributed by atoms with Gasteiger partial charge in [0, 0.05) is 53.3 Å².